The molecule has 2 nitrogen and oxygen atoms in total. The third-order valence-electron chi connectivity index (χ3n) is 3.51. The highest BCUT2D eigenvalue weighted by atomic mass is 19.4. The summed E-state index contributed by atoms with van der Waals surface area (Å²) in [5, 5.41) is 3.29. The van der Waals surface area contributed by atoms with Gasteiger partial charge in [-0.05, 0) is 43.6 Å². The maximum absolute atomic E-state index is 12.7. The molecule has 1 aromatic rings. The van der Waals surface area contributed by atoms with E-state index in [9.17, 15) is 13.2 Å². The zero-order chi connectivity index (χ0) is 13.9. The van der Waals surface area contributed by atoms with E-state index in [1.165, 1.54) is 12.1 Å². The Morgan fingerprint density at radius 1 is 1.37 bits per heavy atom. The fraction of sp³-hybridized carbons (Fsp3) is 0.571. The first kappa shape index (κ1) is 14.2. The highest BCUT2D eigenvalue weighted by molar-refractivity contribution is 5.50. The van der Waals surface area contributed by atoms with Crippen LogP contribution in [0.5, 0.6) is 0 Å². The molecule has 19 heavy (non-hydrogen) atoms. The molecule has 1 saturated heterocycles. The molecular weight excluding hydrogens is 253 g/mol. The lowest BCUT2D eigenvalue weighted by Gasteiger charge is -2.20. The van der Waals surface area contributed by atoms with E-state index in [0.29, 0.717) is 11.6 Å². The molecule has 0 amide bonds. The Morgan fingerprint density at radius 2 is 2.16 bits per heavy atom. The topological polar surface area (TPSA) is 15.3 Å². The Labute approximate surface area is 111 Å². The van der Waals surface area contributed by atoms with Gasteiger partial charge in [0.05, 0.1) is 5.56 Å². The molecule has 1 atom stereocenters. The monoisotopic (exact) mass is 272 g/mol. The largest absolute Gasteiger partial charge is 0.416 e. The number of anilines is 1. The van der Waals surface area contributed by atoms with Gasteiger partial charge in [0.15, 0.2) is 0 Å². The Kier molecular flexibility index (Phi) is 4.34. The van der Waals surface area contributed by atoms with Crippen molar-refractivity contribution in [3.8, 4) is 0 Å². The molecule has 1 unspecified atom stereocenters. The van der Waals surface area contributed by atoms with Gasteiger partial charge in [0, 0.05) is 18.8 Å². The van der Waals surface area contributed by atoms with E-state index in [0.717, 1.165) is 38.7 Å². The average molecular weight is 272 g/mol. The van der Waals surface area contributed by atoms with Crippen molar-refractivity contribution < 1.29 is 13.2 Å². The Hall–Kier alpha value is -1.23. The van der Waals surface area contributed by atoms with Crippen LogP contribution in [-0.4, -0.2) is 26.2 Å². The van der Waals surface area contributed by atoms with Crippen LogP contribution in [0.4, 0.5) is 18.9 Å². The Bertz CT molecular complexity index is 417. The van der Waals surface area contributed by atoms with Gasteiger partial charge in [0.25, 0.3) is 0 Å². The summed E-state index contributed by atoms with van der Waals surface area (Å²) in [6.45, 7) is 5.58. The smallest absolute Gasteiger partial charge is 0.371 e. The van der Waals surface area contributed by atoms with Crippen LogP contribution >= 0.6 is 0 Å². The molecule has 1 fully saturated rings. The quantitative estimate of drug-likeness (QED) is 0.906. The van der Waals surface area contributed by atoms with E-state index < -0.39 is 11.7 Å². The van der Waals surface area contributed by atoms with Crippen molar-refractivity contribution in [2.75, 3.05) is 31.1 Å². The maximum Gasteiger partial charge on any atom is 0.416 e. The van der Waals surface area contributed by atoms with Crippen molar-refractivity contribution in [3.63, 3.8) is 0 Å². The molecule has 2 rings (SSSR count). The summed E-state index contributed by atoms with van der Waals surface area (Å²) in [5.74, 6) is 0.523. The van der Waals surface area contributed by atoms with E-state index in [1.54, 1.807) is 6.07 Å². The molecule has 0 aromatic heterocycles. The molecule has 1 N–H and O–H groups in total. The van der Waals surface area contributed by atoms with E-state index in [2.05, 4.69) is 12.2 Å². The van der Waals surface area contributed by atoms with Crippen molar-refractivity contribution in [1.29, 1.82) is 0 Å². The number of nitrogens with one attached hydrogen (secondary N) is 1. The van der Waals surface area contributed by atoms with Crippen LogP contribution in [0.1, 0.15) is 18.9 Å². The van der Waals surface area contributed by atoms with Crippen molar-refractivity contribution in [2.45, 2.75) is 19.5 Å². The third-order valence-corrected chi connectivity index (χ3v) is 3.51. The number of rotatable bonds is 4. The first-order valence-electron chi connectivity index (χ1n) is 6.63. The van der Waals surface area contributed by atoms with Gasteiger partial charge in [-0.15, -0.1) is 0 Å². The van der Waals surface area contributed by atoms with Crippen molar-refractivity contribution in [2.24, 2.45) is 5.92 Å². The summed E-state index contributed by atoms with van der Waals surface area (Å²) in [4.78, 5) is 2.04. The van der Waals surface area contributed by atoms with E-state index >= 15 is 0 Å². The summed E-state index contributed by atoms with van der Waals surface area (Å²) in [5.41, 5.74) is 0.106. The first-order chi connectivity index (χ1) is 9.00. The lowest BCUT2D eigenvalue weighted by Crippen LogP contribution is -2.26. The molecule has 0 bridgehead atoms. The number of halogens is 3. The summed E-state index contributed by atoms with van der Waals surface area (Å²) >= 11 is 0. The van der Waals surface area contributed by atoms with Crippen LogP contribution in [0.25, 0.3) is 0 Å². The normalized spacial score (nSPS) is 20.0. The van der Waals surface area contributed by atoms with Crippen LogP contribution in [0.15, 0.2) is 24.3 Å². The number of hydrogen-bond acceptors (Lipinski definition) is 2. The molecule has 5 heteroatoms. The molecule has 0 saturated carbocycles. The number of alkyl halides is 3. The molecule has 1 aliphatic rings. The molecule has 1 heterocycles. The van der Waals surface area contributed by atoms with E-state index in [1.807, 2.05) is 4.90 Å². The fourth-order valence-corrected chi connectivity index (χ4v) is 2.46. The average Bonchev–Trinajstić information content (AvgIpc) is 2.84. The van der Waals surface area contributed by atoms with Gasteiger partial charge >= 0.3 is 6.18 Å². The van der Waals surface area contributed by atoms with Gasteiger partial charge in [-0.1, -0.05) is 13.0 Å². The third kappa shape index (κ3) is 3.62. The zero-order valence-corrected chi connectivity index (χ0v) is 11.0. The van der Waals surface area contributed by atoms with Gasteiger partial charge in [0.1, 0.15) is 0 Å². The lowest BCUT2D eigenvalue weighted by atomic mass is 10.1. The van der Waals surface area contributed by atoms with Gasteiger partial charge in [0.2, 0.25) is 0 Å². The summed E-state index contributed by atoms with van der Waals surface area (Å²) < 4.78 is 38.0. The number of benzene rings is 1. The molecule has 1 aliphatic heterocycles. The lowest BCUT2D eigenvalue weighted by molar-refractivity contribution is -0.137. The van der Waals surface area contributed by atoms with Crippen LogP contribution in [-0.2, 0) is 6.18 Å². The predicted molar refractivity (Wildman–Crippen MR) is 70.3 cm³/mol. The minimum absolute atomic E-state index is 0.523. The van der Waals surface area contributed by atoms with Crippen LogP contribution in [0.2, 0.25) is 0 Å². The van der Waals surface area contributed by atoms with Crippen molar-refractivity contribution in [3.05, 3.63) is 29.8 Å². The molecule has 0 aliphatic carbocycles. The molecule has 0 radical (unpaired) electrons. The fourth-order valence-electron chi connectivity index (χ4n) is 2.46. The second kappa shape index (κ2) is 5.82. The summed E-state index contributed by atoms with van der Waals surface area (Å²) in [7, 11) is 0. The Balaban J connectivity index is 2.03. The molecule has 0 spiro atoms. The van der Waals surface area contributed by atoms with Crippen LogP contribution in [0, 0.1) is 5.92 Å². The molecule has 106 valence electrons. The SMILES string of the molecule is CCNCC1CCN(c2cccc(C(F)(F)F)c2)C1. The number of hydrogen-bond donors (Lipinski definition) is 1. The first-order valence-corrected chi connectivity index (χ1v) is 6.63. The Morgan fingerprint density at radius 3 is 2.84 bits per heavy atom. The molecular formula is C14H19F3N2. The van der Waals surface area contributed by atoms with Crippen molar-refractivity contribution in [1.82, 2.24) is 5.32 Å². The molecule has 1 aromatic carbocycles. The standard InChI is InChI=1S/C14H19F3N2/c1-2-18-9-11-6-7-19(10-11)13-5-3-4-12(8-13)14(15,16)17/h3-5,8,11,18H,2,6-7,9-10H2,1H3. The zero-order valence-electron chi connectivity index (χ0n) is 11.0. The van der Waals surface area contributed by atoms with Gasteiger partial charge in [-0.3, -0.25) is 0 Å². The van der Waals surface area contributed by atoms with E-state index in [-0.39, 0.29) is 0 Å². The maximum atomic E-state index is 12.7. The van der Waals surface area contributed by atoms with Gasteiger partial charge in [-0.25, -0.2) is 0 Å². The summed E-state index contributed by atoms with van der Waals surface area (Å²) in [6.07, 6.45) is -3.23. The highest BCUT2D eigenvalue weighted by Gasteiger charge is 2.31. The minimum atomic E-state index is -4.26. The predicted octanol–water partition coefficient (Wildman–Crippen LogP) is 3.14. The van der Waals surface area contributed by atoms with Crippen LogP contribution < -0.4 is 10.2 Å². The van der Waals surface area contributed by atoms with Gasteiger partial charge in [-0.2, -0.15) is 13.2 Å². The minimum Gasteiger partial charge on any atom is -0.371 e. The van der Waals surface area contributed by atoms with E-state index in [4.69, 9.17) is 0 Å². The van der Waals surface area contributed by atoms with Crippen LogP contribution in [0.3, 0.4) is 0 Å². The summed E-state index contributed by atoms with van der Waals surface area (Å²) in [6, 6.07) is 5.60. The highest BCUT2D eigenvalue weighted by Crippen LogP contribution is 2.32. The number of nitrogens with zero attached hydrogens (tertiary/aromatic N) is 1. The second-order valence-corrected chi connectivity index (χ2v) is 4.96. The van der Waals surface area contributed by atoms with Gasteiger partial charge < -0.3 is 10.2 Å². The van der Waals surface area contributed by atoms with Crippen molar-refractivity contribution >= 4 is 5.69 Å². The second-order valence-electron chi connectivity index (χ2n) is 4.96.